The molecule has 5 rings (SSSR count). The van der Waals surface area contributed by atoms with Crippen molar-refractivity contribution >= 4 is 57.3 Å². The van der Waals surface area contributed by atoms with Gasteiger partial charge < -0.3 is 14.8 Å². The number of methoxy groups -OCH3 is 2. The van der Waals surface area contributed by atoms with Crippen molar-refractivity contribution in [1.29, 1.82) is 0 Å². The van der Waals surface area contributed by atoms with Crippen molar-refractivity contribution in [3.63, 3.8) is 0 Å². The summed E-state index contributed by atoms with van der Waals surface area (Å²) in [5.74, 6) is 1.09. The molecule has 39 heavy (non-hydrogen) atoms. The first-order valence-electron chi connectivity index (χ1n) is 11.9. The number of hydrogen-bond donors (Lipinski definition) is 1. The number of nitrogens with one attached hydrogen (secondary N) is 1. The molecule has 0 fully saturated rings. The molecule has 0 radical (unpaired) electrons. The summed E-state index contributed by atoms with van der Waals surface area (Å²) in [6, 6.07) is 22.1. The maximum absolute atomic E-state index is 13.9. The lowest BCUT2D eigenvalue weighted by molar-refractivity contribution is -0.113. The molecule has 0 spiro atoms. The number of carbonyl (C=O) groups is 1. The predicted molar refractivity (Wildman–Crippen MR) is 159 cm³/mol. The molecule has 0 aliphatic heterocycles. The van der Waals surface area contributed by atoms with Crippen LogP contribution in [0.2, 0.25) is 0 Å². The Hall–Kier alpha value is -3.93. The summed E-state index contributed by atoms with van der Waals surface area (Å²) >= 11 is 8.06. The number of aryl methyl sites for hydroxylation is 1. The maximum Gasteiger partial charge on any atom is 0.278 e. The Morgan fingerprint density at radius 1 is 1.00 bits per heavy atom. The number of carbonyl (C=O) groups excluding carboxylic acids is 1. The van der Waals surface area contributed by atoms with Gasteiger partial charge in [-0.15, -0.1) is 0 Å². The molecule has 1 N–H and O–H groups in total. The molecule has 0 aliphatic rings. The van der Waals surface area contributed by atoms with Gasteiger partial charge in [-0.3, -0.25) is 18.7 Å². The number of benzene rings is 3. The van der Waals surface area contributed by atoms with Crippen LogP contribution in [0.3, 0.4) is 0 Å². The van der Waals surface area contributed by atoms with E-state index in [2.05, 4.69) is 5.32 Å². The molecule has 0 atom stereocenters. The predicted octanol–water partition coefficient (Wildman–Crippen LogP) is 6.02. The molecule has 0 unspecified atom stereocenters. The first-order chi connectivity index (χ1) is 18.9. The highest BCUT2D eigenvalue weighted by Crippen LogP contribution is 2.29. The van der Waals surface area contributed by atoms with Gasteiger partial charge in [0.15, 0.2) is 14.8 Å². The number of hydrogen-bond acceptors (Lipinski definition) is 8. The Labute approximate surface area is 237 Å². The van der Waals surface area contributed by atoms with Crippen molar-refractivity contribution in [3.8, 4) is 22.9 Å². The van der Waals surface area contributed by atoms with Crippen LogP contribution in [0.15, 0.2) is 82.7 Å². The molecule has 5 aromatic rings. The fourth-order valence-electron chi connectivity index (χ4n) is 4.06. The molecule has 0 saturated heterocycles. The number of rotatable bonds is 8. The van der Waals surface area contributed by atoms with Gasteiger partial charge >= 0.3 is 0 Å². The molecule has 0 aliphatic carbocycles. The highest BCUT2D eigenvalue weighted by atomic mass is 32.2. The lowest BCUT2D eigenvalue weighted by Crippen LogP contribution is -2.23. The molecular formula is C28H24N4O4S3. The Kier molecular flexibility index (Phi) is 7.82. The quantitative estimate of drug-likeness (QED) is 0.137. The number of anilines is 1. The van der Waals surface area contributed by atoms with Gasteiger partial charge in [-0.1, -0.05) is 53.4 Å². The minimum atomic E-state index is -0.247. The van der Waals surface area contributed by atoms with E-state index in [1.807, 2.05) is 55.5 Å². The van der Waals surface area contributed by atoms with Crippen LogP contribution in [0.4, 0.5) is 5.69 Å². The third kappa shape index (κ3) is 5.47. The zero-order valence-electron chi connectivity index (χ0n) is 21.3. The third-order valence-corrected chi connectivity index (χ3v) is 8.22. The number of ether oxygens (including phenoxy) is 2. The standard InChI is InChI=1S/C28H24N4O4S3/c1-17-8-4-5-13-22(17)32-26(34)24-25(31(28(37)39-24)19-10-7-12-21(15-19)36-3)30-27(32)38-16-23(33)29-18-9-6-11-20(14-18)35-2/h4-15H,16H2,1-3H3,(H,29,33). The van der Waals surface area contributed by atoms with Crippen LogP contribution in [0.25, 0.3) is 21.7 Å². The number of amides is 1. The molecule has 2 aromatic heterocycles. The molecule has 0 bridgehead atoms. The monoisotopic (exact) mass is 576 g/mol. The molecule has 11 heteroatoms. The number of thiazole rings is 1. The van der Waals surface area contributed by atoms with Crippen molar-refractivity contribution in [1.82, 2.24) is 14.1 Å². The second-order valence-electron chi connectivity index (χ2n) is 8.45. The van der Waals surface area contributed by atoms with E-state index < -0.39 is 0 Å². The minimum absolute atomic E-state index is 0.0328. The van der Waals surface area contributed by atoms with Gasteiger partial charge in [-0.25, -0.2) is 4.98 Å². The lowest BCUT2D eigenvalue weighted by Gasteiger charge is -2.15. The molecule has 0 saturated carbocycles. The van der Waals surface area contributed by atoms with Gasteiger partial charge in [-0.2, -0.15) is 0 Å². The summed E-state index contributed by atoms with van der Waals surface area (Å²) in [6.45, 7) is 1.93. The molecule has 198 valence electrons. The van der Waals surface area contributed by atoms with E-state index in [0.717, 1.165) is 11.3 Å². The second-order valence-corrected chi connectivity index (χ2v) is 11.0. The molecule has 8 nitrogen and oxygen atoms in total. The molecule has 2 heterocycles. The number of nitrogens with zero attached hydrogens (tertiary/aromatic N) is 3. The molecule has 3 aromatic carbocycles. The molecule has 1 amide bonds. The van der Waals surface area contributed by atoms with Gasteiger partial charge in [0.2, 0.25) is 5.91 Å². The Morgan fingerprint density at radius 2 is 1.72 bits per heavy atom. The van der Waals surface area contributed by atoms with Crippen LogP contribution in [0.1, 0.15) is 5.56 Å². The van der Waals surface area contributed by atoms with Gasteiger partial charge in [0, 0.05) is 17.8 Å². The Morgan fingerprint density at radius 3 is 2.46 bits per heavy atom. The van der Waals surface area contributed by atoms with E-state index in [1.165, 1.54) is 23.1 Å². The number of aromatic nitrogens is 3. The SMILES string of the molecule is COc1cccc(NC(=O)CSc2nc3c(sc(=S)n3-c3cccc(OC)c3)c(=O)n2-c2ccccc2C)c1. The van der Waals surface area contributed by atoms with Gasteiger partial charge in [-0.05, 0) is 55.0 Å². The Bertz CT molecular complexity index is 1810. The maximum atomic E-state index is 13.9. The van der Waals surface area contributed by atoms with Crippen molar-refractivity contribution in [2.24, 2.45) is 0 Å². The zero-order valence-corrected chi connectivity index (χ0v) is 23.8. The van der Waals surface area contributed by atoms with Gasteiger partial charge in [0.1, 0.15) is 16.2 Å². The zero-order chi connectivity index (χ0) is 27.5. The van der Waals surface area contributed by atoms with Crippen LogP contribution in [0, 0.1) is 10.9 Å². The minimum Gasteiger partial charge on any atom is -0.497 e. The summed E-state index contributed by atoms with van der Waals surface area (Å²) < 4.78 is 14.9. The van der Waals surface area contributed by atoms with Crippen LogP contribution in [0.5, 0.6) is 11.5 Å². The van der Waals surface area contributed by atoms with Crippen molar-refractivity contribution in [2.45, 2.75) is 12.1 Å². The van der Waals surface area contributed by atoms with Crippen LogP contribution in [-0.4, -0.2) is 40.0 Å². The topological polar surface area (TPSA) is 87.4 Å². The van der Waals surface area contributed by atoms with Crippen molar-refractivity contribution in [2.75, 3.05) is 25.3 Å². The van der Waals surface area contributed by atoms with Crippen LogP contribution >= 0.6 is 35.3 Å². The summed E-state index contributed by atoms with van der Waals surface area (Å²) in [5, 5.41) is 3.26. The van der Waals surface area contributed by atoms with E-state index in [-0.39, 0.29) is 17.2 Å². The first kappa shape index (κ1) is 26.7. The van der Waals surface area contributed by atoms with E-state index in [4.69, 9.17) is 26.7 Å². The summed E-state index contributed by atoms with van der Waals surface area (Å²) in [5.41, 5.74) is 3.13. The van der Waals surface area contributed by atoms with Crippen molar-refractivity contribution in [3.05, 3.63) is 92.7 Å². The highest BCUT2D eigenvalue weighted by Gasteiger charge is 2.21. The van der Waals surface area contributed by atoms with Crippen LogP contribution in [-0.2, 0) is 4.79 Å². The smallest absolute Gasteiger partial charge is 0.278 e. The molecular weight excluding hydrogens is 553 g/mol. The normalized spacial score (nSPS) is 10.9. The third-order valence-electron chi connectivity index (χ3n) is 5.93. The van der Waals surface area contributed by atoms with E-state index in [9.17, 15) is 9.59 Å². The highest BCUT2D eigenvalue weighted by molar-refractivity contribution is 7.99. The largest absolute Gasteiger partial charge is 0.497 e. The van der Waals surface area contributed by atoms with E-state index in [0.29, 0.717) is 42.3 Å². The summed E-state index contributed by atoms with van der Waals surface area (Å²) in [7, 11) is 3.16. The number of para-hydroxylation sites is 1. The summed E-state index contributed by atoms with van der Waals surface area (Å²) in [4.78, 5) is 31.7. The fraction of sp³-hybridized carbons (Fsp3) is 0.143. The van der Waals surface area contributed by atoms with Gasteiger partial charge in [0.05, 0.1) is 31.3 Å². The number of thioether (sulfide) groups is 1. The Balaban J connectivity index is 1.60. The van der Waals surface area contributed by atoms with Crippen LogP contribution < -0.4 is 20.3 Å². The van der Waals surface area contributed by atoms with E-state index in [1.54, 1.807) is 47.6 Å². The lowest BCUT2D eigenvalue weighted by atomic mass is 10.2. The number of fused-ring (bicyclic) bond motifs is 1. The fourth-order valence-corrected chi connectivity index (χ4v) is 6.16. The van der Waals surface area contributed by atoms with Crippen molar-refractivity contribution < 1.29 is 14.3 Å². The second kappa shape index (κ2) is 11.4. The first-order valence-corrected chi connectivity index (χ1v) is 14.1. The average Bonchev–Trinajstić information content (AvgIpc) is 3.28. The average molecular weight is 577 g/mol. The summed E-state index contributed by atoms with van der Waals surface area (Å²) in [6.07, 6.45) is 0. The van der Waals surface area contributed by atoms with E-state index >= 15 is 0 Å². The van der Waals surface area contributed by atoms with Gasteiger partial charge in [0.25, 0.3) is 5.56 Å².